The predicted octanol–water partition coefficient (Wildman–Crippen LogP) is 10.4. The summed E-state index contributed by atoms with van der Waals surface area (Å²) < 4.78 is 177. The largest absolute Gasteiger partial charge is 0.493 e. The molecule has 0 spiro atoms. The lowest BCUT2D eigenvalue weighted by molar-refractivity contribution is 0.291. The van der Waals surface area contributed by atoms with Gasteiger partial charge >= 0.3 is 0 Å². The Hall–Kier alpha value is -7.68. The minimum Gasteiger partial charge on any atom is -0.493 e. The highest BCUT2D eigenvalue weighted by molar-refractivity contribution is 7.86. The van der Waals surface area contributed by atoms with Gasteiger partial charge in [0.2, 0.25) is 0 Å². The van der Waals surface area contributed by atoms with E-state index in [9.17, 15) is 51.9 Å². The van der Waals surface area contributed by atoms with Gasteiger partial charge in [0.05, 0.1) is 67.0 Å². The van der Waals surface area contributed by atoms with Gasteiger partial charge in [-0.05, 0) is 124 Å². The van der Waals surface area contributed by atoms with E-state index in [0.717, 1.165) is 59.9 Å². The van der Waals surface area contributed by atoms with E-state index in [1.54, 1.807) is 48.5 Å². The van der Waals surface area contributed by atoms with Gasteiger partial charge in [0, 0.05) is 81.6 Å². The third kappa shape index (κ3) is 14.8. The van der Waals surface area contributed by atoms with Crippen LogP contribution in [0.15, 0.2) is 141 Å². The topological polar surface area (TPSA) is 306 Å². The average molecular weight is 1220 g/mol. The Morgan fingerprint density at radius 3 is 0.869 bits per heavy atom. The van der Waals surface area contributed by atoms with Crippen molar-refractivity contribution >= 4 is 40.5 Å². The number of fused-ring (bicyclic) bond motifs is 8. The van der Waals surface area contributed by atoms with Crippen LogP contribution in [0.4, 0.5) is 0 Å². The summed E-state index contributed by atoms with van der Waals surface area (Å²) in [4.78, 5) is 16.2. The minimum atomic E-state index is -5.09. The lowest BCUT2D eigenvalue weighted by atomic mass is 9.91. The zero-order chi connectivity index (χ0) is 60.1. The number of aromatic nitrogens is 4. The normalized spacial score (nSPS) is 12.9. The van der Waals surface area contributed by atoms with E-state index in [4.69, 9.17) is 28.9 Å². The first-order valence-electron chi connectivity index (χ1n) is 26.7. The lowest BCUT2D eigenvalue weighted by Gasteiger charge is -2.24. The van der Waals surface area contributed by atoms with Crippen LogP contribution in [0.3, 0.4) is 0 Å². The van der Waals surface area contributed by atoms with Crippen molar-refractivity contribution in [3.8, 4) is 45.8 Å². The second-order valence-corrected chi connectivity index (χ2v) is 25.9. The molecule has 0 fully saturated rings. The smallest absolute Gasteiger partial charge is 0.294 e. The molecule has 0 amide bonds. The van der Waals surface area contributed by atoms with Gasteiger partial charge in [0.15, 0.2) is 0 Å². The molecule has 0 radical (unpaired) electrons. The van der Waals surface area contributed by atoms with Gasteiger partial charge in [-0.1, -0.05) is 51.0 Å². The molecule has 440 valence electrons. The summed E-state index contributed by atoms with van der Waals surface area (Å²) in [6, 6.07) is 30.3. The van der Waals surface area contributed by atoms with Crippen LogP contribution in [0.5, 0.6) is 23.0 Å². The van der Waals surface area contributed by atoms with E-state index in [1.165, 1.54) is 0 Å². The Kier molecular flexibility index (Phi) is 18.3. The van der Waals surface area contributed by atoms with Crippen LogP contribution in [-0.4, -0.2) is 85.0 Å². The lowest BCUT2D eigenvalue weighted by Crippen LogP contribution is -2.13. The number of pyridine rings is 4. The van der Waals surface area contributed by atoms with E-state index < -0.39 is 85.7 Å². The fourth-order valence-corrected chi connectivity index (χ4v) is 12.1. The molecule has 9 rings (SSSR count). The molecule has 0 aliphatic heterocycles. The molecule has 4 aromatic carbocycles. The predicted molar refractivity (Wildman–Crippen MR) is 310 cm³/mol. The third-order valence-electron chi connectivity index (χ3n) is 13.7. The quantitative estimate of drug-likeness (QED) is 0.0407. The fourth-order valence-electron chi connectivity index (χ4n) is 9.80. The maximum absolute atomic E-state index is 13.4. The highest BCUT2D eigenvalue weighted by Crippen LogP contribution is 2.43. The van der Waals surface area contributed by atoms with Crippen molar-refractivity contribution < 1.29 is 70.8 Å². The molecule has 84 heavy (non-hydrogen) atoms. The molecule has 20 nitrogen and oxygen atoms in total. The molecule has 1 aliphatic rings. The molecular weight excluding hydrogens is 1160 g/mol. The second kappa shape index (κ2) is 25.3. The van der Waals surface area contributed by atoms with Crippen LogP contribution in [0.25, 0.3) is 22.8 Å². The number of rotatable bonds is 20. The fraction of sp³-hybridized carbons (Fsp3) is 0.267. The van der Waals surface area contributed by atoms with Gasteiger partial charge in [-0.15, -0.1) is 0 Å². The molecule has 8 aromatic rings. The number of aryl methyl sites for hydroxylation is 2. The van der Waals surface area contributed by atoms with Crippen molar-refractivity contribution in [1.82, 2.24) is 19.9 Å². The van der Waals surface area contributed by atoms with Crippen LogP contribution < -0.4 is 18.9 Å². The van der Waals surface area contributed by atoms with E-state index >= 15 is 0 Å². The van der Waals surface area contributed by atoms with Crippen LogP contribution in [0.1, 0.15) is 107 Å². The molecule has 0 atom stereocenters. The first-order chi connectivity index (χ1) is 39.8. The van der Waals surface area contributed by atoms with Crippen molar-refractivity contribution in [2.45, 2.75) is 112 Å². The zero-order valence-electron chi connectivity index (χ0n) is 46.1. The molecular formula is C60H60N4O16S4. The highest BCUT2D eigenvalue weighted by Gasteiger charge is 2.30. The number of nitrogens with zero attached hydrogens (tertiary/aromatic N) is 4. The van der Waals surface area contributed by atoms with E-state index in [2.05, 4.69) is 9.97 Å². The maximum Gasteiger partial charge on any atom is 0.294 e. The Morgan fingerprint density at radius 2 is 0.619 bits per heavy atom. The third-order valence-corrected chi connectivity index (χ3v) is 17.0. The molecule has 0 unspecified atom stereocenters. The molecule has 0 saturated heterocycles. The van der Waals surface area contributed by atoms with Crippen molar-refractivity contribution in [3.05, 3.63) is 189 Å². The van der Waals surface area contributed by atoms with E-state index in [1.807, 2.05) is 52.0 Å². The SMILES string of the molecule is CCCCOc1c2cc(S(=O)(=O)O)cc1Cc1cc(S(=O)(=O)O)cc(c1OCc1cccc(-c3cccc(C)n3)n1)Cc1cc(S(=O)(=O)O)cc(c1OCCCC)Cc1cc(S(=O)(=O)O)cc(c1OCc1cccc(-c3cccc(C)n3)n1)C2. The van der Waals surface area contributed by atoms with Crippen molar-refractivity contribution in [3.63, 3.8) is 0 Å². The molecule has 4 N–H and O–H groups in total. The van der Waals surface area contributed by atoms with Gasteiger partial charge in [0.1, 0.15) is 36.2 Å². The standard InChI is InChI=1S/C60H60N4O16S4/c1-5-7-21-77-57-39-23-43-31-51(83(71,72)73)33-45(59(43)79-35-47-15-11-19-55(63-47)53-17-9-13-37(3)61-53)25-41-29-50(82(68,69)70)30-42(58(41)78-22-8-6-2)26-46-34-52(84(74,75)76)32-44(24-40(57)28-49(27-39)81(65,66)67)60(46)80-36-48-16-12-20-56(64-48)54-18-10-14-38(4)62-54/h9-20,27-34H,5-8,21-26,35-36H2,1-4H3,(H,65,66,67)(H,68,69,70)(H,71,72,73)(H,74,75,76). The summed E-state index contributed by atoms with van der Waals surface area (Å²) in [6.07, 6.45) is 0.444. The van der Waals surface area contributed by atoms with Gasteiger partial charge < -0.3 is 18.9 Å². The highest BCUT2D eigenvalue weighted by atomic mass is 32.2. The molecule has 8 bridgehead atoms. The number of benzene rings is 4. The first kappa shape index (κ1) is 60.9. The Labute approximate surface area is 488 Å². The number of unbranched alkanes of at least 4 members (excludes halogenated alkanes) is 2. The summed E-state index contributed by atoms with van der Waals surface area (Å²) in [7, 11) is -20.4. The monoisotopic (exact) mass is 1220 g/mol. The van der Waals surface area contributed by atoms with E-state index in [-0.39, 0.29) is 93.9 Å². The van der Waals surface area contributed by atoms with Crippen LogP contribution >= 0.6 is 0 Å². The zero-order valence-corrected chi connectivity index (χ0v) is 49.4. The minimum absolute atomic E-state index is 0.0115. The van der Waals surface area contributed by atoms with Crippen molar-refractivity contribution in [2.75, 3.05) is 13.2 Å². The molecule has 4 heterocycles. The van der Waals surface area contributed by atoms with Crippen LogP contribution in [-0.2, 0) is 79.4 Å². The van der Waals surface area contributed by atoms with Crippen LogP contribution in [0, 0.1) is 13.8 Å². The van der Waals surface area contributed by atoms with Gasteiger partial charge in [-0.3, -0.25) is 28.2 Å². The summed E-state index contributed by atoms with van der Waals surface area (Å²) in [5, 5.41) is 0. The number of hydrogen-bond donors (Lipinski definition) is 4. The second-order valence-electron chi connectivity index (χ2n) is 20.2. The first-order valence-corrected chi connectivity index (χ1v) is 32.4. The molecule has 1 aliphatic carbocycles. The van der Waals surface area contributed by atoms with Gasteiger partial charge in [-0.25, -0.2) is 9.97 Å². The van der Waals surface area contributed by atoms with Crippen molar-refractivity contribution in [2.24, 2.45) is 0 Å². The van der Waals surface area contributed by atoms with E-state index in [0.29, 0.717) is 59.8 Å². The van der Waals surface area contributed by atoms with Gasteiger partial charge in [0.25, 0.3) is 40.5 Å². The molecule has 0 saturated carbocycles. The number of ether oxygens (including phenoxy) is 4. The Bertz CT molecular complexity index is 3920. The summed E-state index contributed by atoms with van der Waals surface area (Å²) in [6.45, 7) is 7.00. The maximum atomic E-state index is 13.4. The Balaban J connectivity index is 1.34. The van der Waals surface area contributed by atoms with Crippen molar-refractivity contribution in [1.29, 1.82) is 0 Å². The van der Waals surface area contributed by atoms with Crippen LogP contribution in [0.2, 0.25) is 0 Å². The summed E-state index contributed by atoms with van der Waals surface area (Å²) in [5.74, 6) is 0.0161. The molecule has 24 heteroatoms. The Morgan fingerprint density at radius 1 is 0.369 bits per heavy atom. The van der Waals surface area contributed by atoms with Gasteiger partial charge in [-0.2, -0.15) is 33.7 Å². The summed E-state index contributed by atoms with van der Waals surface area (Å²) in [5.41, 5.74) is 4.56. The average Bonchev–Trinajstić information content (AvgIpc) is 2.25. The molecule has 4 aromatic heterocycles. The summed E-state index contributed by atoms with van der Waals surface area (Å²) >= 11 is 0. The number of hydrogen-bond acceptors (Lipinski definition) is 16.